The SMILES string of the molecule is CN(C)CCCNc1ccc(NC(=O)C2CCCCC2)nn1. The number of anilines is 2. The minimum Gasteiger partial charge on any atom is -0.369 e. The predicted molar refractivity (Wildman–Crippen MR) is 88.9 cm³/mol. The van der Waals surface area contributed by atoms with Gasteiger partial charge in [-0.1, -0.05) is 19.3 Å². The molecule has 1 fully saturated rings. The second-order valence-corrected chi connectivity index (χ2v) is 6.21. The maximum atomic E-state index is 12.1. The molecule has 2 rings (SSSR count). The molecule has 0 saturated heterocycles. The largest absolute Gasteiger partial charge is 0.369 e. The maximum absolute atomic E-state index is 12.1. The molecular weight excluding hydrogens is 278 g/mol. The Morgan fingerprint density at radius 2 is 1.86 bits per heavy atom. The maximum Gasteiger partial charge on any atom is 0.228 e. The highest BCUT2D eigenvalue weighted by atomic mass is 16.1. The van der Waals surface area contributed by atoms with Gasteiger partial charge in [-0.05, 0) is 52.0 Å². The highest BCUT2D eigenvalue weighted by Crippen LogP contribution is 2.24. The van der Waals surface area contributed by atoms with Crippen molar-refractivity contribution in [2.75, 3.05) is 37.8 Å². The van der Waals surface area contributed by atoms with Gasteiger partial charge < -0.3 is 15.5 Å². The lowest BCUT2D eigenvalue weighted by Gasteiger charge is -2.20. The van der Waals surface area contributed by atoms with Gasteiger partial charge in [0.1, 0.15) is 5.82 Å². The number of nitrogens with zero attached hydrogens (tertiary/aromatic N) is 3. The summed E-state index contributed by atoms with van der Waals surface area (Å²) in [4.78, 5) is 14.3. The molecule has 0 aliphatic heterocycles. The number of nitrogens with one attached hydrogen (secondary N) is 2. The van der Waals surface area contributed by atoms with Crippen molar-refractivity contribution >= 4 is 17.5 Å². The summed E-state index contributed by atoms with van der Waals surface area (Å²) in [5.41, 5.74) is 0. The van der Waals surface area contributed by atoms with E-state index in [9.17, 15) is 4.79 Å². The topological polar surface area (TPSA) is 70.2 Å². The Morgan fingerprint density at radius 3 is 2.50 bits per heavy atom. The lowest BCUT2D eigenvalue weighted by molar-refractivity contribution is -0.120. The van der Waals surface area contributed by atoms with Crippen LogP contribution < -0.4 is 10.6 Å². The minimum absolute atomic E-state index is 0.0840. The van der Waals surface area contributed by atoms with Gasteiger partial charge in [-0.15, -0.1) is 10.2 Å². The number of amides is 1. The number of hydrogen-bond acceptors (Lipinski definition) is 5. The standard InChI is InChI=1S/C16H27N5O/c1-21(2)12-6-11-17-14-9-10-15(20-19-14)18-16(22)13-7-4-3-5-8-13/h9-10,13H,3-8,11-12H2,1-2H3,(H,17,19)(H,18,20,22). The Kier molecular flexibility index (Phi) is 6.58. The lowest BCUT2D eigenvalue weighted by Crippen LogP contribution is -2.25. The molecule has 0 radical (unpaired) electrons. The summed E-state index contributed by atoms with van der Waals surface area (Å²) < 4.78 is 0. The van der Waals surface area contributed by atoms with Crippen LogP contribution in [0, 0.1) is 5.92 Å². The van der Waals surface area contributed by atoms with Crippen molar-refractivity contribution in [2.24, 2.45) is 5.92 Å². The monoisotopic (exact) mass is 305 g/mol. The van der Waals surface area contributed by atoms with Gasteiger partial charge in [-0.25, -0.2) is 0 Å². The third kappa shape index (κ3) is 5.60. The Balaban J connectivity index is 1.75. The van der Waals surface area contributed by atoms with Crippen LogP contribution in [0.2, 0.25) is 0 Å². The van der Waals surface area contributed by atoms with Crippen molar-refractivity contribution in [1.82, 2.24) is 15.1 Å². The molecule has 2 N–H and O–H groups in total. The van der Waals surface area contributed by atoms with Crippen LogP contribution in [0.5, 0.6) is 0 Å². The van der Waals surface area contributed by atoms with E-state index < -0.39 is 0 Å². The van der Waals surface area contributed by atoms with E-state index in [1.54, 1.807) is 0 Å². The second kappa shape index (κ2) is 8.68. The van der Waals surface area contributed by atoms with Crippen molar-refractivity contribution in [2.45, 2.75) is 38.5 Å². The van der Waals surface area contributed by atoms with Gasteiger partial charge in [0.25, 0.3) is 0 Å². The molecule has 1 aromatic heterocycles. The van der Waals surface area contributed by atoms with Crippen LogP contribution in [0.15, 0.2) is 12.1 Å². The van der Waals surface area contributed by atoms with Gasteiger partial charge in [0.2, 0.25) is 5.91 Å². The van der Waals surface area contributed by atoms with E-state index >= 15 is 0 Å². The summed E-state index contributed by atoms with van der Waals surface area (Å²) in [7, 11) is 4.12. The van der Waals surface area contributed by atoms with Crippen LogP contribution in [0.3, 0.4) is 0 Å². The zero-order valence-corrected chi connectivity index (χ0v) is 13.6. The van der Waals surface area contributed by atoms with Crippen LogP contribution in [0.25, 0.3) is 0 Å². The van der Waals surface area contributed by atoms with Gasteiger partial charge in [0.15, 0.2) is 5.82 Å². The summed E-state index contributed by atoms with van der Waals surface area (Å²) in [6, 6.07) is 3.67. The Labute approximate surface area is 132 Å². The summed E-state index contributed by atoms with van der Waals surface area (Å²) in [6.07, 6.45) is 6.58. The van der Waals surface area contributed by atoms with Crippen LogP contribution in [0.1, 0.15) is 38.5 Å². The van der Waals surface area contributed by atoms with Crippen LogP contribution in [-0.4, -0.2) is 48.2 Å². The number of aromatic nitrogens is 2. The third-order valence-electron chi connectivity index (χ3n) is 3.98. The van der Waals surface area contributed by atoms with Crippen molar-refractivity contribution in [1.29, 1.82) is 0 Å². The van der Waals surface area contributed by atoms with E-state index in [1.165, 1.54) is 6.42 Å². The van der Waals surface area contributed by atoms with Crippen LogP contribution >= 0.6 is 0 Å². The summed E-state index contributed by atoms with van der Waals surface area (Å²) in [5.74, 6) is 1.50. The second-order valence-electron chi connectivity index (χ2n) is 6.21. The quantitative estimate of drug-likeness (QED) is 0.757. The van der Waals surface area contributed by atoms with Crippen molar-refractivity contribution in [3.05, 3.63) is 12.1 Å². The number of rotatable bonds is 7. The van der Waals surface area contributed by atoms with Gasteiger partial charge in [-0.3, -0.25) is 4.79 Å². The highest BCUT2D eigenvalue weighted by Gasteiger charge is 2.21. The average Bonchev–Trinajstić information content (AvgIpc) is 2.54. The van der Waals surface area contributed by atoms with Gasteiger partial charge >= 0.3 is 0 Å². The van der Waals surface area contributed by atoms with E-state index in [0.717, 1.165) is 51.0 Å². The molecule has 0 aromatic carbocycles. The first kappa shape index (κ1) is 16.7. The van der Waals surface area contributed by atoms with Gasteiger partial charge in [0.05, 0.1) is 0 Å². The first-order chi connectivity index (χ1) is 10.6. The zero-order valence-electron chi connectivity index (χ0n) is 13.6. The molecule has 1 amide bonds. The molecule has 122 valence electrons. The lowest BCUT2D eigenvalue weighted by atomic mass is 9.89. The molecule has 0 atom stereocenters. The van der Waals surface area contributed by atoms with Gasteiger partial charge in [0, 0.05) is 12.5 Å². The highest BCUT2D eigenvalue weighted by molar-refractivity contribution is 5.91. The Hall–Kier alpha value is -1.69. The summed E-state index contributed by atoms with van der Waals surface area (Å²) >= 11 is 0. The van der Waals surface area contributed by atoms with Crippen molar-refractivity contribution < 1.29 is 4.79 Å². The van der Waals surface area contributed by atoms with Crippen molar-refractivity contribution in [3.8, 4) is 0 Å². The zero-order chi connectivity index (χ0) is 15.8. The smallest absolute Gasteiger partial charge is 0.228 e. The molecule has 1 aliphatic rings. The molecule has 1 aliphatic carbocycles. The summed E-state index contributed by atoms with van der Waals surface area (Å²) in [6.45, 7) is 1.90. The van der Waals surface area contributed by atoms with E-state index in [0.29, 0.717) is 5.82 Å². The molecule has 6 nitrogen and oxygen atoms in total. The number of carbonyl (C=O) groups excluding carboxylic acids is 1. The molecular formula is C16H27N5O. The molecule has 1 aromatic rings. The predicted octanol–water partition coefficient (Wildman–Crippen LogP) is 2.36. The fourth-order valence-electron chi connectivity index (χ4n) is 2.70. The van der Waals surface area contributed by atoms with Crippen molar-refractivity contribution in [3.63, 3.8) is 0 Å². The molecule has 6 heteroatoms. The van der Waals surface area contributed by atoms with Gasteiger partial charge in [-0.2, -0.15) is 0 Å². The molecule has 0 spiro atoms. The fourth-order valence-corrected chi connectivity index (χ4v) is 2.70. The fraction of sp³-hybridized carbons (Fsp3) is 0.688. The minimum atomic E-state index is 0.0840. The van der Waals surface area contributed by atoms with E-state index in [1.807, 2.05) is 12.1 Å². The number of hydrogen-bond donors (Lipinski definition) is 2. The molecule has 1 saturated carbocycles. The number of carbonyl (C=O) groups is 1. The average molecular weight is 305 g/mol. The first-order valence-electron chi connectivity index (χ1n) is 8.18. The van der Waals surface area contributed by atoms with E-state index in [-0.39, 0.29) is 11.8 Å². The molecule has 22 heavy (non-hydrogen) atoms. The third-order valence-corrected chi connectivity index (χ3v) is 3.98. The first-order valence-corrected chi connectivity index (χ1v) is 8.18. The van der Waals surface area contributed by atoms with E-state index in [2.05, 4.69) is 39.8 Å². The Morgan fingerprint density at radius 1 is 1.18 bits per heavy atom. The normalized spacial score (nSPS) is 15.8. The van der Waals surface area contributed by atoms with Crippen LogP contribution in [0.4, 0.5) is 11.6 Å². The summed E-state index contributed by atoms with van der Waals surface area (Å²) in [5, 5.41) is 14.3. The molecule has 1 heterocycles. The Bertz CT molecular complexity index is 454. The molecule has 0 bridgehead atoms. The van der Waals surface area contributed by atoms with E-state index in [4.69, 9.17) is 0 Å². The molecule has 0 unspecified atom stereocenters. The van der Waals surface area contributed by atoms with Crippen LogP contribution in [-0.2, 0) is 4.79 Å².